The average Bonchev–Trinajstić information content (AvgIpc) is 3.37. The quantitative estimate of drug-likeness (QED) is 0.381. The topological polar surface area (TPSA) is 93.5 Å². The van der Waals surface area contributed by atoms with Crippen molar-refractivity contribution in [1.82, 2.24) is 29.6 Å². The Morgan fingerprint density at radius 1 is 0.947 bits per heavy atom. The third-order valence-electron chi connectivity index (χ3n) is 7.08. The minimum Gasteiger partial charge on any atom is -0.383 e. The van der Waals surface area contributed by atoms with E-state index in [1.807, 2.05) is 22.9 Å². The molecule has 1 aromatic carbocycles. The second kappa shape index (κ2) is 11.3. The Morgan fingerprint density at radius 3 is 2.55 bits per heavy atom. The van der Waals surface area contributed by atoms with E-state index in [1.54, 1.807) is 25.7 Å². The molecule has 5 heterocycles. The summed E-state index contributed by atoms with van der Waals surface area (Å²) >= 11 is 0. The van der Waals surface area contributed by atoms with Crippen LogP contribution in [0.4, 0.5) is 17.3 Å². The van der Waals surface area contributed by atoms with Crippen LogP contribution in [0.3, 0.4) is 0 Å². The molecule has 2 aliphatic rings. The number of ether oxygens (including phenoxy) is 2. The van der Waals surface area contributed by atoms with Gasteiger partial charge in [0, 0.05) is 75.4 Å². The minimum atomic E-state index is 0.502. The van der Waals surface area contributed by atoms with Crippen molar-refractivity contribution in [2.24, 2.45) is 0 Å². The van der Waals surface area contributed by atoms with E-state index in [9.17, 15) is 0 Å². The van der Waals surface area contributed by atoms with Crippen molar-refractivity contribution in [2.75, 3.05) is 63.3 Å². The number of rotatable bonds is 8. The first-order valence-electron chi connectivity index (χ1n) is 13.0. The summed E-state index contributed by atoms with van der Waals surface area (Å²) in [5.41, 5.74) is 6.86. The summed E-state index contributed by atoms with van der Waals surface area (Å²) in [5, 5.41) is 8.27. The van der Waals surface area contributed by atoms with Crippen LogP contribution >= 0.6 is 0 Å². The second-order valence-electron chi connectivity index (χ2n) is 9.44. The van der Waals surface area contributed by atoms with E-state index in [0.29, 0.717) is 19.2 Å². The van der Waals surface area contributed by atoms with Gasteiger partial charge in [-0.2, -0.15) is 5.10 Å². The SMILES string of the molecule is COCCN1CCN(c2ccc(Nc3nccc(-c4c(-c5ccncc5)nn5c4COCC5)n3)cc2)CC1. The van der Waals surface area contributed by atoms with Crippen LogP contribution < -0.4 is 10.2 Å². The molecular formula is C28H32N8O2. The molecule has 0 spiro atoms. The molecule has 2 aliphatic heterocycles. The van der Waals surface area contributed by atoms with Crippen LogP contribution in [0.1, 0.15) is 5.69 Å². The fraction of sp³-hybridized carbons (Fsp3) is 0.357. The number of fused-ring (bicyclic) bond motifs is 1. The number of pyridine rings is 1. The third kappa shape index (κ3) is 5.24. The van der Waals surface area contributed by atoms with Crippen molar-refractivity contribution in [3.8, 4) is 22.5 Å². The van der Waals surface area contributed by atoms with Gasteiger partial charge < -0.3 is 19.7 Å². The summed E-state index contributed by atoms with van der Waals surface area (Å²) in [5.74, 6) is 0.541. The van der Waals surface area contributed by atoms with Gasteiger partial charge in [-0.25, -0.2) is 9.97 Å². The molecule has 0 saturated carbocycles. The molecule has 0 bridgehead atoms. The van der Waals surface area contributed by atoms with Crippen LogP contribution in [0.15, 0.2) is 61.1 Å². The largest absolute Gasteiger partial charge is 0.383 e. The van der Waals surface area contributed by atoms with Crippen LogP contribution in [-0.4, -0.2) is 82.7 Å². The summed E-state index contributed by atoms with van der Waals surface area (Å²) in [6.07, 6.45) is 5.35. The van der Waals surface area contributed by atoms with Crippen molar-refractivity contribution in [1.29, 1.82) is 0 Å². The highest BCUT2D eigenvalue weighted by Crippen LogP contribution is 2.35. The number of methoxy groups -OCH3 is 1. The van der Waals surface area contributed by atoms with E-state index in [2.05, 4.69) is 49.4 Å². The van der Waals surface area contributed by atoms with Crippen molar-refractivity contribution < 1.29 is 9.47 Å². The lowest BCUT2D eigenvalue weighted by Gasteiger charge is -2.36. The number of nitrogens with one attached hydrogen (secondary N) is 1. The molecule has 4 aromatic rings. The Balaban J connectivity index is 1.20. The monoisotopic (exact) mass is 512 g/mol. The smallest absolute Gasteiger partial charge is 0.227 e. The normalized spacial score (nSPS) is 15.9. The molecule has 38 heavy (non-hydrogen) atoms. The molecule has 10 heteroatoms. The highest BCUT2D eigenvalue weighted by molar-refractivity contribution is 5.81. The first-order chi connectivity index (χ1) is 18.8. The van der Waals surface area contributed by atoms with Gasteiger partial charge in [-0.3, -0.25) is 14.6 Å². The Kier molecular flexibility index (Phi) is 7.25. The van der Waals surface area contributed by atoms with E-state index in [0.717, 1.165) is 79.8 Å². The van der Waals surface area contributed by atoms with E-state index in [4.69, 9.17) is 19.6 Å². The number of anilines is 3. The Hall–Kier alpha value is -3.86. The van der Waals surface area contributed by atoms with Crippen LogP contribution in [0.5, 0.6) is 0 Å². The lowest BCUT2D eigenvalue weighted by Crippen LogP contribution is -2.47. The molecule has 1 N–H and O–H groups in total. The Labute approximate surface area is 222 Å². The summed E-state index contributed by atoms with van der Waals surface area (Å²) in [6, 6.07) is 14.4. The van der Waals surface area contributed by atoms with Gasteiger partial charge in [0.15, 0.2) is 0 Å². The van der Waals surface area contributed by atoms with Crippen molar-refractivity contribution in [2.45, 2.75) is 13.2 Å². The van der Waals surface area contributed by atoms with Gasteiger partial charge in [0.2, 0.25) is 5.95 Å². The van der Waals surface area contributed by atoms with E-state index < -0.39 is 0 Å². The van der Waals surface area contributed by atoms with E-state index >= 15 is 0 Å². The highest BCUT2D eigenvalue weighted by Gasteiger charge is 2.24. The summed E-state index contributed by atoms with van der Waals surface area (Å²) in [4.78, 5) is 18.4. The molecule has 6 rings (SSSR count). The Bertz CT molecular complexity index is 1350. The molecule has 0 aliphatic carbocycles. The maximum absolute atomic E-state index is 5.77. The molecule has 0 radical (unpaired) electrons. The summed E-state index contributed by atoms with van der Waals surface area (Å²) in [6.45, 7) is 7.78. The lowest BCUT2D eigenvalue weighted by atomic mass is 10.0. The number of hydrogen-bond acceptors (Lipinski definition) is 9. The maximum atomic E-state index is 5.77. The number of piperazine rings is 1. The average molecular weight is 513 g/mol. The van der Waals surface area contributed by atoms with Crippen LogP contribution in [-0.2, 0) is 22.6 Å². The minimum absolute atomic E-state index is 0.502. The molecule has 196 valence electrons. The third-order valence-corrected chi connectivity index (χ3v) is 7.08. The molecule has 1 fully saturated rings. The van der Waals surface area contributed by atoms with Gasteiger partial charge in [-0.05, 0) is 42.5 Å². The molecule has 0 atom stereocenters. The number of nitrogens with zero attached hydrogens (tertiary/aromatic N) is 7. The first kappa shape index (κ1) is 24.5. The number of benzene rings is 1. The van der Waals surface area contributed by atoms with Gasteiger partial charge in [0.1, 0.15) is 5.69 Å². The highest BCUT2D eigenvalue weighted by atomic mass is 16.5. The van der Waals surface area contributed by atoms with Gasteiger partial charge >= 0.3 is 0 Å². The first-order valence-corrected chi connectivity index (χ1v) is 13.0. The van der Waals surface area contributed by atoms with Gasteiger partial charge in [0.25, 0.3) is 0 Å². The molecule has 3 aromatic heterocycles. The zero-order valence-corrected chi connectivity index (χ0v) is 21.6. The zero-order valence-electron chi connectivity index (χ0n) is 21.6. The van der Waals surface area contributed by atoms with E-state index in [-0.39, 0.29) is 0 Å². The maximum Gasteiger partial charge on any atom is 0.227 e. The molecule has 10 nitrogen and oxygen atoms in total. The van der Waals surface area contributed by atoms with Crippen molar-refractivity contribution in [3.05, 3.63) is 66.7 Å². The van der Waals surface area contributed by atoms with Gasteiger partial charge in [0.05, 0.1) is 43.3 Å². The number of hydrogen-bond donors (Lipinski definition) is 1. The van der Waals surface area contributed by atoms with Crippen LogP contribution in [0.2, 0.25) is 0 Å². The molecule has 1 saturated heterocycles. The number of aromatic nitrogens is 5. The predicted molar refractivity (Wildman–Crippen MR) is 146 cm³/mol. The molecule has 0 unspecified atom stereocenters. The van der Waals surface area contributed by atoms with Gasteiger partial charge in [-0.15, -0.1) is 0 Å². The lowest BCUT2D eigenvalue weighted by molar-refractivity contribution is 0.0804. The fourth-order valence-corrected chi connectivity index (χ4v) is 5.02. The van der Waals surface area contributed by atoms with Crippen LogP contribution in [0.25, 0.3) is 22.5 Å². The zero-order chi connectivity index (χ0) is 25.7. The fourth-order valence-electron chi connectivity index (χ4n) is 5.02. The van der Waals surface area contributed by atoms with Gasteiger partial charge in [-0.1, -0.05) is 0 Å². The Morgan fingerprint density at radius 2 is 1.76 bits per heavy atom. The second-order valence-corrected chi connectivity index (χ2v) is 9.44. The summed E-state index contributed by atoms with van der Waals surface area (Å²) < 4.78 is 13.0. The van der Waals surface area contributed by atoms with Crippen molar-refractivity contribution >= 4 is 17.3 Å². The van der Waals surface area contributed by atoms with Crippen LogP contribution in [0, 0.1) is 0 Å². The molecule has 0 amide bonds. The predicted octanol–water partition coefficient (Wildman–Crippen LogP) is 3.44. The summed E-state index contributed by atoms with van der Waals surface area (Å²) in [7, 11) is 1.76. The molecular weight excluding hydrogens is 480 g/mol. The van der Waals surface area contributed by atoms with E-state index in [1.165, 1.54) is 5.69 Å². The van der Waals surface area contributed by atoms with Crippen molar-refractivity contribution in [3.63, 3.8) is 0 Å². The standard InChI is InChI=1S/C28H32N8O2/c1-37-18-16-34-12-14-35(15-13-34)23-4-2-22(3-5-23)31-28-30-11-8-24(32-28)26-25-20-38-19-17-36(25)33-27(26)21-6-9-29-10-7-21/h2-11H,12-20H2,1H3,(H,30,31,32).